The molecule has 19 heavy (non-hydrogen) atoms. The predicted octanol–water partition coefficient (Wildman–Crippen LogP) is 2.18. The first-order chi connectivity index (χ1) is 9.08. The number of aromatic nitrogens is 3. The van der Waals surface area contributed by atoms with Crippen LogP contribution in [0.1, 0.15) is 26.0 Å². The summed E-state index contributed by atoms with van der Waals surface area (Å²) in [4.78, 5) is 6.73. The summed E-state index contributed by atoms with van der Waals surface area (Å²) < 4.78 is 1.87. The summed E-state index contributed by atoms with van der Waals surface area (Å²) >= 11 is 0. The highest BCUT2D eigenvalue weighted by Gasteiger charge is 2.05. The largest absolute Gasteiger partial charge is 0.368 e. The van der Waals surface area contributed by atoms with Crippen LogP contribution in [-0.4, -0.2) is 45.7 Å². The Morgan fingerprint density at radius 3 is 2.95 bits per heavy atom. The van der Waals surface area contributed by atoms with Gasteiger partial charge in [-0.05, 0) is 46.9 Å². The molecule has 0 aliphatic heterocycles. The summed E-state index contributed by atoms with van der Waals surface area (Å²) in [5.74, 6) is 0.912. The minimum absolute atomic E-state index is 0.596. The highest BCUT2D eigenvalue weighted by atomic mass is 15.2. The van der Waals surface area contributed by atoms with Crippen molar-refractivity contribution in [3.8, 4) is 0 Å². The molecule has 0 aliphatic carbocycles. The summed E-state index contributed by atoms with van der Waals surface area (Å²) in [6.45, 7) is 8.43. The van der Waals surface area contributed by atoms with Gasteiger partial charge >= 0.3 is 0 Å². The van der Waals surface area contributed by atoms with Gasteiger partial charge in [-0.2, -0.15) is 5.10 Å². The van der Waals surface area contributed by atoms with Gasteiger partial charge in [-0.3, -0.25) is 0 Å². The maximum absolute atomic E-state index is 4.39. The van der Waals surface area contributed by atoms with Crippen LogP contribution in [0.25, 0.3) is 5.52 Å². The minimum atomic E-state index is 0.596. The fourth-order valence-electron chi connectivity index (χ4n) is 1.97. The van der Waals surface area contributed by atoms with Gasteiger partial charge < -0.3 is 10.2 Å². The van der Waals surface area contributed by atoms with E-state index < -0.39 is 0 Å². The second-order valence-electron chi connectivity index (χ2n) is 5.25. The number of rotatable bonds is 6. The van der Waals surface area contributed by atoms with Crippen LogP contribution < -0.4 is 5.32 Å². The molecule has 0 aromatic carbocycles. The van der Waals surface area contributed by atoms with E-state index in [-0.39, 0.29) is 0 Å². The topological polar surface area (TPSA) is 45.5 Å². The van der Waals surface area contributed by atoms with Crippen molar-refractivity contribution in [2.45, 2.75) is 33.2 Å². The van der Waals surface area contributed by atoms with Gasteiger partial charge in [0.25, 0.3) is 0 Å². The lowest BCUT2D eigenvalue weighted by Crippen LogP contribution is -2.28. The fraction of sp³-hybridized carbons (Fsp3) is 0.571. The Kier molecular flexibility index (Phi) is 4.37. The van der Waals surface area contributed by atoms with Crippen molar-refractivity contribution in [1.29, 1.82) is 0 Å². The Morgan fingerprint density at radius 1 is 1.42 bits per heavy atom. The molecule has 0 atom stereocenters. The van der Waals surface area contributed by atoms with Crippen molar-refractivity contribution >= 4 is 11.3 Å². The van der Waals surface area contributed by atoms with Gasteiger partial charge in [0, 0.05) is 25.0 Å². The third-order valence-corrected chi connectivity index (χ3v) is 3.37. The third-order valence-electron chi connectivity index (χ3n) is 3.37. The lowest BCUT2D eigenvalue weighted by molar-refractivity contribution is 0.273. The van der Waals surface area contributed by atoms with Crippen molar-refractivity contribution in [1.82, 2.24) is 19.5 Å². The molecule has 0 saturated heterocycles. The van der Waals surface area contributed by atoms with Crippen LogP contribution in [0.3, 0.4) is 0 Å². The van der Waals surface area contributed by atoms with Crippen LogP contribution >= 0.6 is 0 Å². The summed E-state index contributed by atoms with van der Waals surface area (Å²) in [7, 11) is 2.16. The van der Waals surface area contributed by atoms with Crippen molar-refractivity contribution in [3.05, 3.63) is 24.2 Å². The Balaban J connectivity index is 1.91. The van der Waals surface area contributed by atoms with E-state index in [1.54, 1.807) is 6.20 Å². The average molecular weight is 261 g/mol. The van der Waals surface area contributed by atoms with Gasteiger partial charge in [-0.1, -0.05) is 0 Å². The Morgan fingerprint density at radius 2 is 2.21 bits per heavy atom. The van der Waals surface area contributed by atoms with E-state index in [0.717, 1.165) is 36.5 Å². The second-order valence-corrected chi connectivity index (χ2v) is 5.25. The maximum Gasteiger partial charge on any atom is 0.152 e. The molecule has 2 heterocycles. The van der Waals surface area contributed by atoms with Crippen LogP contribution in [0.2, 0.25) is 0 Å². The highest BCUT2D eigenvalue weighted by molar-refractivity contribution is 5.67. The summed E-state index contributed by atoms with van der Waals surface area (Å²) in [5, 5.41) is 7.78. The molecule has 0 aliphatic rings. The standard InChI is InChI=1S/C14H23N5/c1-11(2)18(4)8-5-6-15-14-13-10-12(3)17-19(13)9-7-16-14/h7,9-11H,5-6,8H2,1-4H3,(H,15,16). The number of hydrogen-bond acceptors (Lipinski definition) is 4. The van der Waals surface area contributed by atoms with E-state index in [2.05, 4.69) is 47.3 Å². The Bertz CT molecular complexity index is 532. The molecule has 0 fully saturated rings. The molecule has 5 heteroatoms. The third kappa shape index (κ3) is 3.44. The van der Waals surface area contributed by atoms with Crippen LogP contribution in [0, 0.1) is 6.92 Å². The van der Waals surface area contributed by atoms with E-state index >= 15 is 0 Å². The zero-order chi connectivity index (χ0) is 13.8. The lowest BCUT2D eigenvalue weighted by atomic mass is 10.3. The smallest absolute Gasteiger partial charge is 0.152 e. The summed E-state index contributed by atoms with van der Waals surface area (Å²) in [6, 6.07) is 2.65. The van der Waals surface area contributed by atoms with Crippen molar-refractivity contribution in [3.63, 3.8) is 0 Å². The monoisotopic (exact) mass is 261 g/mol. The van der Waals surface area contributed by atoms with E-state index in [9.17, 15) is 0 Å². The van der Waals surface area contributed by atoms with Crippen molar-refractivity contribution < 1.29 is 0 Å². The molecule has 0 spiro atoms. The summed E-state index contributed by atoms with van der Waals surface area (Å²) in [6.07, 6.45) is 4.76. The number of nitrogens with one attached hydrogen (secondary N) is 1. The molecular weight excluding hydrogens is 238 g/mol. The van der Waals surface area contributed by atoms with Crippen LogP contribution in [0.4, 0.5) is 5.82 Å². The van der Waals surface area contributed by atoms with Crippen LogP contribution in [0.5, 0.6) is 0 Å². The molecular formula is C14H23N5. The average Bonchev–Trinajstić information content (AvgIpc) is 2.75. The first kappa shape index (κ1) is 13.8. The Hall–Kier alpha value is -1.62. The number of anilines is 1. The number of fused-ring (bicyclic) bond motifs is 1. The molecule has 0 unspecified atom stereocenters. The van der Waals surface area contributed by atoms with Gasteiger partial charge in [-0.15, -0.1) is 0 Å². The predicted molar refractivity (Wildman–Crippen MR) is 78.6 cm³/mol. The van der Waals surface area contributed by atoms with Gasteiger partial charge in [0.2, 0.25) is 0 Å². The summed E-state index contributed by atoms with van der Waals surface area (Å²) in [5.41, 5.74) is 2.05. The first-order valence-corrected chi connectivity index (χ1v) is 6.83. The number of nitrogens with zero attached hydrogens (tertiary/aromatic N) is 4. The van der Waals surface area contributed by atoms with Gasteiger partial charge in [-0.25, -0.2) is 9.50 Å². The molecule has 5 nitrogen and oxygen atoms in total. The first-order valence-electron chi connectivity index (χ1n) is 6.83. The van der Waals surface area contributed by atoms with E-state index in [0.29, 0.717) is 6.04 Å². The van der Waals surface area contributed by atoms with Crippen molar-refractivity contribution in [2.75, 3.05) is 25.5 Å². The lowest BCUT2D eigenvalue weighted by Gasteiger charge is -2.20. The second kappa shape index (κ2) is 6.02. The van der Waals surface area contributed by atoms with Crippen LogP contribution in [-0.2, 0) is 0 Å². The molecule has 104 valence electrons. The maximum atomic E-state index is 4.39. The number of hydrogen-bond donors (Lipinski definition) is 1. The van der Waals surface area contributed by atoms with Crippen molar-refractivity contribution in [2.24, 2.45) is 0 Å². The zero-order valence-electron chi connectivity index (χ0n) is 12.2. The molecule has 2 rings (SSSR count). The molecule has 2 aromatic heterocycles. The molecule has 2 aromatic rings. The van der Waals surface area contributed by atoms with Gasteiger partial charge in [0.1, 0.15) is 5.52 Å². The van der Waals surface area contributed by atoms with E-state index in [4.69, 9.17) is 0 Å². The quantitative estimate of drug-likeness (QED) is 0.810. The number of aryl methyl sites for hydroxylation is 1. The molecule has 0 radical (unpaired) electrons. The van der Waals surface area contributed by atoms with Gasteiger partial charge in [0.05, 0.1) is 5.69 Å². The molecule has 1 N–H and O–H groups in total. The van der Waals surface area contributed by atoms with E-state index in [1.165, 1.54) is 0 Å². The molecule has 0 amide bonds. The van der Waals surface area contributed by atoms with E-state index in [1.807, 2.05) is 17.6 Å². The zero-order valence-corrected chi connectivity index (χ0v) is 12.2. The SMILES string of the molecule is Cc1cc2c(NCCCN(C)C(C)C)nccn2n1. The van der Waals surface area contributed by atoms with Gasteiger partial charge in [0.15, 0.2) is 5.82 Å². The van der Waals surface area contributed by atoms with Crippen LogP contribution in [0.15, 0.2) is 18.5 Å². The normalized spacial score (nSPS) is 11.7. The molecule has 0 bridgehead atoms. The fourth-order valence-corrected chi connectivity index (χ4v) is 1.97. The minimum Gasteiger partial charge on any atom is -0.368 e. The Labute approximate surface area is 114 Å². The molecule has 0 saturated carbocycles. The highest BCUT2D eigenvalue weighted by Crippen LogP contribution is 2.14.